The summed E-state index contributed by atoms with van der Waals surface area (Å²) in [6.07, 6.45) is 7.45. The van der Waals surface area contributed by atoms with Gasteiger partial charge in [0.2, 0.25) is 0 Å². The predicted octanol–water partition coefficient (Wildman–Crippen LogP) is 10.0. The normalized spacial score (nSPS) is 22.9. The number of hydrogen-bond donors (Lipinski definition) is 1. The lowest BCUT2D eigenvalue weighted by Crippen LogP contribution is -2.46. The van der Waals surface area contributed by atoms with Gasteiger partial charge in [-0.05, 0) is 70.1 Å². The van der Waals surface area contributed by atoms with Gasteiger partial charge in [-0.2, -0.15) is 0 Å². The van der Waals surface area contributed by atoms with Gasteiger partial charge in [0, 0.05) is 34.1 Å². The fourth-order valence-corrected chi connectivity index (χ4v) is 8.96. The highest BCUT2D eigenvalue weighted by atomic mass is 15.4. The van der Waals surface area contributed by atoms with E-state index in [1.54, 1.807) is 0 Å². The molecule has 0 saturated carbocycles. The van der Waals surface area contributed by atoms with Crippen LogP contribution in [0.2, 0.25) is 0 Å². The molecule has 4 aliphatic rings. The van der Waals surface area contributed by atoms with Crippen LogP contribution in [0.5, 0.6) is 0 Å². The van der Waals surface area contributed by atoms with Crippen LogP contribution in [-0.4, -0.2) is 22.8 Å². The maximum Gasteiger partial charge on any atom is 0.132 e. The standard InChI is InChI=1S/C45H42N4/c1-44(2)36-14-8-6-12-32(36)34-23-21-30(26-38(34)44)41-47-42(29-19-17-28(18-20-29)40-16-10-11-25-46-40)49(5)43(48-41)31-22-24-35-33-13-7-9-15-37(33)45(3,4)39(35)27-31/h6-22,24-27,34,42-43H,23H2,1-5H3,(H,47,48). The molecular weight excluding hydrogens is 597 g/mol. The van der Waals surface area contributed by atoms with Crippen LogP contribution < -0.4 is 5.32 Å². The third kappa shape index (κ3) is 4.61. The topological polar surface area (TPSA) is 40.5 Å². The fraction of sp³-hybridized carbons (Fsp3) is 0.244. The molecule has 5 aromatic rings. The molecule has 1 aromatic heterocycles. The number of aromatic nitrogens is 1. The Hall–Kier alpha value is -5.06. The van der Waals surface area contributed by atoms with E-state index in [2.05, 4.69) is 159 Å². The summed E-state index contributed by atoms with van der Waals surface area (Å²) in [4.78, 5) is 12.4. The zero-order valence-electron chi connectivity index (χ0n) is 28.9. The average molecular weight is 639 g/mol. The lowest BCUT2D eigenvalue weighted by molar-refractivity contribution is 0.152. The quantitative estimate of drug-likeness (QED) is 0.213. The zero-order chi connectivity index (χ0) is 33.5. The lowest BCUT2D eigenvalue weighted by atomic mass is 9.77. The van der Waals surface area contributed by atoms with E-state index in [4.69, 9.17) is 4.99 Å². The summed E-state index contributed by atoms with van der Waals surface area (Å²) in [7, 11) is 2.20. The van der Waals surface area contributed by atoms with E-state index >= 15 is 0 Å². The van der Waals surface area contributed by atoms with Crippen LogP contribution in [0.15, 0.2) is 144 Å². The van der Waals surface area contributed by atoms with Crippen molar-refractivity contribution in [3.8, 4) is 22.4 Å². The van der Waals surface area contributed by atoms with Crippen LogP contribution in [0.1, 0.15) is 85.7 Å². The van der Waals surface area contributed by atoms with Gasteiger partial charge < -0.3 is 5.32 Å². The molecule has 0 saturated heterocycles. The number of rotatable bonds is 4. The van der Waals surface area contributed by atoms with Crippen LogP contribution in [-0.2, 0) is 10.8 Å². The molecule has 1 N–H and O–H groups in total. The highest BCUT2D eigenvalue weighted by Crippen LogP contribution is 2.54. The van der Waals surface area contributed by atoms with Gasteiger partial charge in [-0.25, -0.2) is 4.99 Å². The van der Waals surface area contributed by atoms with E-state index < -0.39 is 0 Å². The number of nitrogens with zero attached hydrogens (tertiary/aromatic N) is 3. The summed E-state index contributed by atoms with van der Waals surface area (Å²) in [6.45, 7) is 9.47. The molecule has 0 amide bonds. The van der Waals surface area contributed by atoms with E-state index in [0.717, 1.165) is 29.1 Å². The van der Waals surface area contributed by atoms with E-state index in [1.165, 1.54) is 50.1 Å². The van der Waals surface area contributed by atoms with E-state index in [0.29, 0.717) is 5.92 Å². The van der Waals surface area contributed by atoms with Crippen molar-refractivity contribution in [3.05, 3.63) is 172 Å². The summed E-state index contributed by atoms with van der Waals surface area (Å²) in [5.41, 5.74) is 15.5. The first-order valence-electron chi connectivity index (χ1n) is 17.6. The second-order valence-corrected chi connectivity index (χ2v) is 15.1. The smallest absolute Gasteiger partial charge is 0.132 e. The SMILES string of the molecule is CN1C(c2ccc(-c3ccccn3)cc2)N=C(C2=CCC3C(=C2)C(C)(C)c2ccccc23)NC1c1ccc2c(c1)C(C)(C)c1ccccc1-2. The van der Waals surface area contributed by atoms with Crippen molar-refractivity contribution in [2.45, 2.75) is 63.2 Å². The molecule has 1 aliphatic heterocycles. The average Bonchev–Trinajstić information content (AvgIpc) is 3.51. The first-order valence-corrected chi connectivity index (χ1v) is 17.6. The highest BCUT2D eigenvalue weighted by Gasteiger charge is 2.43. The van der Waals surface area contributed by atoms with Crippen molar-refractivity contribution in [3.63, 3.8) is 0 Å². The van der Waals surface area contributed by atoms with Crippen LogP contribution in [0.4, 0.5) is 0 Å². The Kier molecular flexibility index (Phi) is 6.73. The molecule has 9 rings (SSSR count). The number of hydrogen-bond acceptors (Lipinski definition) is 4. The zero-order valence-corrected chi connectivity index (χ0v) is 28.9. The Balaban J connectivity index is 1.13. The molecular formula is C45H42N4. The van der Waals surface area contributed by atoms with Crippen LogP contribution >= 0.6 is 0 Å². The van der Waals surface area contributed by atoms with Crippen molar-refractivity contribution in [2.24, 2.45) is 4.99 Å². The number of fused-ring (bicyclic) bond motifs is 6. The van der Waals surface area contributed by atoms with Crippen LogP contribution in [0.3, 0.4) is 0 Å². The van der Waals surface area contributed by atoms with Gasteiger partial charge in [-0.3, -0.25) is 9.88 Å². The molecule has 3 aliphatic carbocycles. The third-order valence-corrected chi connectivity index (χ3v) is 11.7. The first-order chi connectivity index (χ1) is 23.7. The molecule has 4 heteroatoms. The van der Waals surface area contributed by atoms with E-state index in [1.807, 2.05) is 18.3 Å². The van der Waals surface area contributed by atoms with E-state index in [9.17, 15) is 0 Å². The Morgan fingerprint density at radius 3 is 2.22 bits per heavy atom. The number of pyridine rings is 1. The van der Waals surface area contributed by atoms with Crippen molar-refractivity contribution in [1.29, 1.82) is 0 Å². The van der Waals surface area contributed by atoms with E-state index in [-0.39, 0.29) is 23.2 Å². The summed E-state index contributed by atoms with van der Waals surface area (Å²) in [6, 6.07) is 39.8. The highest BCUT2D eigenvalue weighted by molar-refractivity contribution is 6.02. The molecule has 0 fully saturated rings. The maximum absolute atomic E-state index is 5.48. The molecule has 0 bridgehead atoms. The predicted molar refractivity (Wildman–Crippen MR) is 200 cm³/mol. The molecule has 49 heavy (non-hydrogen) atoms. The number of allylic oxidation sites excluding steroid dienone is 2. The van der Waals surface area contributed by atoms with Gasteiger partial charge >= 0.3 is 0 Å². The second kappa shape index (κ2) is 11.0. The molecule has 4 aromatic carbocycles. The summed E-state index contributed by atoms with van der Waals surface area (Å²) in [5.74, 6) is 1.38. The number of aliphatic imine (C=N–C) groups is 1. The summed E-state index contributed by atoms with van der Waals surface area (Å²) < 4.78 is 0. The van der Waals surface area contributed by atoms with Gasteiger partial charge in [-0.15, -0.1) is 0 Å². The number of benzene rings is 4. The second-order valence-electron chi connectivity index (χ2n) is 15.1. The van der Waals surface area contributed by atoms with Gasteiger partial charge in [0.15, 0.2) is 0 Å². The van der Waals surface area contributed by atoms with Gasteiger partial charge in [0.05, 0.1) is 5.69 Å². The molecule has 4 nitrogen and oxygen atoms in total. The van der Waals surface area contributed by atoms with Crippen molar-refractivity contribution in [1.82, 2.24) is 15.2 Å². The Morgan fingerprint density at radius 2 is 1.43 bits per heavy atom. The molecule has 2 heterocycles. The fourth-order valence-electron chi connectivity index (χ4n) is 8.96. The van der Waals surface area contributed by atoms with Crippen LogP contribution in [0.25, 0.3) is 22.4 Å². The van der Waals surface area contributed by atoms with Gasteiger partial charge in [-0.1, -0.05) is 142 Å². The molecule has 0 spiro atoms. The summed E-state index contributed by atoms with van der Waals surface area (Å²) in [5, 5.41) is 3.95. The van der Waals surface area contributed by atoms with Crippen molar-refractivity contribution >= 4 is 5.84 Å². The Labute approximate surface area is 290 Å². The molecule has 0 radical (unpaired) electrons. The largest absolute Gasteiger partial charge is 0.350 e. The van der Waals surface area contributed by atoms with Crippen molar-refractivity contribution < 1.29 is 0 Å². The third-order valence-electron chi connectivity index (χ3n) is 11.7. The monoisotopic (exact) mass is 638 g/mol. The van der Waals surface area contributed by atoms with Gasteiger partial charge in [0.1, 0.15) is 18.2 Å². The molecule has 3 unspecified atom stereocenters. The number of amidine groups is 1. The minimum atomic E-state index is -0.164. The molecule has 242 valence electrons. The molecule has 3 atom stereocenters. The number of nitrogens with one attached hydrogen (secondary N) is 1. The lowest BCUT2D eigenvalue weighted by Gasteiger charge is -2.40. The Bertz CT molecular complexity index is 2200. The minimum Gasteiger partial charge on any atom is -0.350 e. The minimum absolute atomic E-state index is 0.0204. The maximum atomic E-state index is 5.48. The Morgan fingerprint density at radius 1 is 0.714 bits per heavy atom. The first kappa shape index (κ1) is 30.0. The van der Waals surface area contributed by atoms with Gasteiger partial charge in [0.25, 0.3) is 0 Å². The van der Waals surface area contributed by atoms with Crippen molar-refractivity contribution in [2.75, 3.05) is 7.05 Å². The van der Waals surface area contributed by atoms with Crippen LogP contribution in [0, 0.1) is 0 Å². The summed E-state index contributed by atoms with van der Waals surface area (Å²) >= 11 is 0.